The van der Waals surface area contributed by atoms with Crippen molar-refractivity contribution in [2.75, 3.05) is 24.6 Å². The minimum atomic E-state index is -0.946. The van der Waals surface area contributed by atoms with Crippen molar-refractivity contribution in [2.24, 2.45) is 27.1 Å². The molecule has 0 aliphatic carbocycles. The Balaban J connectivity index is 1.80. The number of carbonyl (C=O) groups is 1. The van der Waals surface area contributed by atoms with Crippen molar-refractivity contribution in [3.05, 3.63) is 58.7 Å². The highest BCUT2D eigenvalue weighted by molar-refractivity contribution is 6.03. The van der Waals surface area contributed by atoms with Crippen LogP contribution in [0.1, 0.15) is 49.1 Å². The number of amidine groups is 2. The summed E-state index contributed by atoms with van der Waals surface area (Å²) in [6, 6.07) is 5.94. The molecule has 2 aromatic rings. The van der Waals surface area contributed by atoms with Gasteiger partial charge in [-0.05, 0) is 42.9 Å². The number of anilines is 1. The molecule has 1 saturated heterocycles. The summed E-state index contributed by atoms with van der Waals surface area (Å²) in [7, 11) is 0. The maximum absolute atomic E-state index is 13.0. The van der Waals surface area contributed by atoms with Crippen LogP contribution in [0.5, 0.6) is 0 Å². The van der Waals surface area contributed by atoms with Gasteiger partial charge in [0.2, 0.25) is 0 Å². The number of piperidine rings is 1. The Bertz CT molecular complexity index is 1100. The first-order valence-corrected chi connectivity index (χ1v) is 11.5. The van der Waals surface area contributed by atoms with E-state index in [-0.39, 0.29) is 36.1 Å². The van der Waals surface area contributed by atoms with Gasteiger partial charge in [0, 0.05) is 37.0 Å². The minimum absolute atomic E-state index is 0.0639. The van der Waals surface area contributed by atoms with Crippen molar-refractivity contribution in [1.29, 1.82) is 0 Å². The number of carboxylic acid groups (broad SMARTS) is 1. The number of aromatic nitrogens is 1. The van der Waals surface area contributed by atoms with Crippen LogP contribution in [-0.4, -0.2) is 47.6 Å². The Morgan fingerprint density at radius 2 is 1.86 bits per heavy atom. The molecule has 10 heteroatoms. The Labute approximate surface area is 204 Å². The van der Waals surface area contributed by atoms with Crippen molar-refractivity contribution in [3.8, 4) is 0 Å². The van der Waals surface area contributed by atoms with Crippen LogP contribution in [0.25, 0.3) is 0 Å². The molecule has 35 heavy (non-hydrogen) atoms. The molecule has 1 fully saturated rings. The number of nitrogens with zero attached hydrogens (tertiary/aromatic N) is 4. The third-order valence-electron chi connectivity index (χ3n) is 6.21. The standard InChI is InChI=1S/C25H33FN6O3/c1-16-19(14-21(33)34)22(32-11-9-25(2,3)10-12-32)20(15-29-16)23(27)30-31-24(28)35-13-8-17-4-6-18(26)7-5-17/h4-7,15H,8-14H2,1-3H3,(H2,27,30)(H2,28,31)(H,33,34). The normalized spacial score (nSPS) is 16.3. The van der Waals surface area contributed by atoms with Crippen molar-refractivity contribution in [2.45, 2.75) is 46.5 Å². The Morgan fingerprint density at radius 1 is 1.20 bits per heavy atom. The molecule has 3 rings (SSSR count). The van der Waals surface area contributed by atoms with Gasteiger partial charge in [0.25, 0.3) is 0 Å². The minimum Gasteiger partial charge on any atom is -0.481 e. The molecule has 1 aliphatic rings. The zero-order valence-electron chi connectivity index (χ0n) is 20.4. The van der Waals surface area contributed by atoms with E-state index < -0.39 is 5.97 Å². The molecule has 0 amide bonds. The van der Waals surface area contributed by atoms with Crippen molar-refractivity contribution >= 4 is 23.5 Å². The van der Waals surface area contributed by atoms with Gasteiger partial charge in [0.1, 0.15) is 5.82 Å². The van der Waals surface area contributed by atoms with Gasteiger partial charge in [-0.1, -0.05) is 31.1 Å². The van der Waals surface area contributed by atoms with Gasteiger partial charge in [0.15, 0.2) is 5.84 Å². The summed E-state index contributed by atoms with van der Waals surface area (Å²) in [5.41, 5.74) is 15.7. The van der Waals surface area contributed by atoms with E-state index in [1.54, 1.807) is 25.3 Å². The number of rotatable bonds is 8. The molecule has 188 valence electrons. The number of hydrogen-bond acceptors (Lipinski definition) is 6. The van der Waals surface area contributed by atoms with Crippen LogP contribution in [0.15, 0.2) is 40.7 Å². The van der Waals surface area contributed by atoms with E-state index in [0.717, 1.165) is 37.2 Å². The molecule has 0 spiro atoms. The average molecular weight is 485 g/mol. The maximum atomic E-state index is 13.0. The zero-order valence-corrected chi connectivity index (χ0v) is 20.4. The molecule has 0 unspecified atom stereocenters. The highest BCUT2D eigenvalue weighted by atomic mass is 19.1. The average Bonchev–Trinajstić information content (AvgIpc) is 2.80. The molecule has 0 atom stereocenters. The van der Waals surface area contributed by atoms with Gasteiger partial charge in [0.05, 0.1) is 24.3 Å². The second-order valence-corrected chi connectivity index (χ2v) is 9.45. The predicted octanol–water partition coefficient (Wildman–Crippen LogP) is 2.98. The van der Waals surface area contributed by atoms with E-state index in [0.29, 0.717) is 23.2 Å². The molecule has 1 aliphatic heterocycles. The smallest absolute Gasteiger partial charge is 0.307 e. The first-order chi connectivity index (χ1) is 16.6. The van der Waals surface area contributed by atoms with Crippen LogP contribution in [0, 0.1) is 18.2 Å². The van der Waals surface area contributed by atoms with E-state index >= 15 is 0 Å². The topological polar surface area (TPSA) is 139 Å². The van der Waals surface area contributed by atoms with Gasteiger partial charge in [-0.3, -0.25) is 9.78 Å². The van der Waals surface area contributed by atoms with Gasteiger partial charge >= 0.3 is 12.0 Å². The quantitative estimate of drug-likeness (QED) is 0.297. The molecule has 1 aromatic heterocycles. The van der Waals surface area contributed by atoms with Gasteiger partial charge < -0.3 is 26.2 Å². The summed E-state index contributed by atoms with van der Waals surface area (Å²) in [6.07, 6.45) is 3.86. The number of aryl methyl sites for hydroxylation is 1. The van der Waals surface area contributed by atoms with Gasteiger partial charge in [-0.15, -0.1) is 5.10 Å². The van der Waals surface area contributed by atoms with E-state index in [2.05, 4.69) is 33.9 Å². The monoisotopic (exact) mass is 484 g/mol. The second kappa shape index (κ2) is 11.2. The fourth-order valence-corrected chi connectivity index (χ4v) is 3.99. The Hall–Kier alpha value is -3.69. The third kappa shape index (κ3) is 7.14. The molecule has 0 bridgehead atoms. The predicted molar refractivity (Wildman–Crippen MR) is 134 cm³/mol. The van der Waals surface area contributed by atoms with Crippen LogP contribution >= 0.6 is 0 Å². The van der Waals surface area contributed by atoms with Crippen molar-refractivity contribution in [3.63, 3.8) is 0 Å². The summed E-state index contributed by atoms with van der Waals surface area (Å²) in [5, 5.41) is 17.4. The molecule has 2 heterocycles. The summed E-state index contributed by atoms with van der Waals surface area (Å²) >= 11 is 0. The zero-order chi connectivity index (χ0) is 25.6. The number of aliphatic carboxylic acids is 1. The highest BCUT2D eigenvalue weighted by Crippen LogP contribution is 2.36. The van der Waals surface area contributed by atoms with E-state index in [9.17, 15) is 14.3 Å². The van der Waals surface area contributed by atoms with Crippen LogP contribution < -0.4 is 16.4 Å². The fraction of sp³-hybridized carbons (Fsp3) is 0.440. The number of nitrogens with two attached hydrogens (primary N) is 2. The lowest BCUT2D eigenvalue weighted by Crippen LogP contribution is -2.39. The largest absolute Gasteiger partial charge is 0.481 e. The molecule has 0 radical (unpaired) electrons. The summed E-state index contributed by atoms with van der Waals surface area (Å²) in [4.78, 5) is 18.1. The summed E-state index contributed by atoms with van der Waals surface area (Å²) in [6.45, 7) is 8.01. The van der Waals surface area contributed by atoms with Crippen LogP contribution in [0.3, 0.4) is 0 Å². The molecule has 9 nitrogen and oxygen atoms in total. The number of carboxylic acids is 1. The first kappa shape index (κ1) is 25.9. The lowest BCUT2D eigenvalue weighted by molar-refractivity contribution is -0.136. The highest BCUT2D eigenvalue weighted by Gasteiger charge is 2.29. The van der Waals surface area contributed by atoms with Crippen molar-refractivity contribution < 1.29 is 19.0 Å². The number of hydrogen-bond donors (Lipinski definition) is 3. The Morgan fingerprint density at radius 3 is 2.49 bits per heavy atom. The molecule has 0 saturated carbocycles. The molecule has 1 aromatic carbocycles. The number of ether oxygens (including phenoxy) is 1. The molecular formula is C25H33FN6O3. The summed E-state index contributed by atoms with van der Waals surface area (Å²) in [5.74, 6) is -1.18. The van der Waals surface area contributed by atoms with E-state index in [1.165, 1.54) is 12.1 Å². The number of halogens is 1. The molecular weight excluding hydrogens is 451 g/mol. The van der Waals surface area contributed by atoms with Crippen molar-refractivity contribution in [1.82, 2.24) is 4.98 Å². The first-order valence-electron chi connectivity index (χ1n) is 11.5. The lowest BCUT2D eigenvalue weighted by atomic mass is 9.82. The fourth-order valence-electron chi connectivity index (χ4n) is 3.99. The third-order valence-corrected chi connectivity index (χ3v) is 6.21. The Kier molecular flexibility index (Phi) is 8.26. The van der Waals surface area contributed by atoms with Gasteiger partial charge in [-0.2, -0.15) is 0 Å². The van der Waals surface area contributed by atoms with Crippen LogP contribution in [-0.2, 0) is 22.4 Å². The maximum Gasteiger partial charge on any atom is 0.307 e. The van der Waals surface area contributed by atoms with E-state index in [1.807, 2.05) is 0 Å². The number of pyridine rings is 1. The number of benzene rings is 1. The van der Waals surface area contributed by atoms with E-state index in [4.69, 9.17) is 16.2 Å². The lowest BCUT2D eigenvalue weighted by Gasteiger charge is -2.39. The summed E-state index contributed by atoms with van der Waals surface area (Å²) < 4.78 is 18.4. The SMILES string of the molecule is Cc1ncc(/C(N)=N/N=C(\N)OCCc2ccc(F)cc2)c(N2CCC(C)(C)CC2)c1CC(=O)O. The van der Waals surface area contributed by atoms with Gasteiger partial charge in [-0.25, -0.2) is 4.39 Å². The van der Waals surface area contributed by atoms with Crippen LogP contribution in [0.2, 0.25) is 0 Å². The van der Waals surface area contributed by atoms with Crippen LogP contribution in [0.4, 0.5) is 10.1 Å². The second-order valence-electron chi connectivity index (χ2n) is 9.45. The molecule has 5 N–H and O–H groups in total.